The van der Waals surface area contributed by atoms with Crippen molar-refractivity contribution in [2.45, 2.75) is 72.3 Å². The molecule has 4 heteroatoms. The van der Waals surface area contributed by atoms with Crippen LogP contribution in [0, 0.1) is 11.8 Å². The van der Waals surface area contributed by atoms with Gasteiger partial charge in [-0.05, 0) is 51.9 Å². The number of hydrogen-bond acceptors (Lipinski definition) is 3. The average molecular weight is 297 g/mol. The van der Waals surface area contributed by atoms with Crippen molar-refractivity contribution in [2.75, 3.05) is 13.1 Å². The molecule has 122 valence electrons. The van der Waals surface area contributed by atoms with Gasteiger partial charge in [-0.15, -0.1) is 0 Å². The predicted molar refractivity (Wildman–Crippen MR) is 83.8 cm³/mol. The molecule has 1 heterocycles. The lowest BCUT2D eigenvalue weighted by atomic mass is 9.89. The van der Waals surface area contributed by atoms with Crippen molar-refractivity contribution in [3.8, 4) is 0 Å². The van der Waals surface area contributed by atoms with Crippen molar-refractivity contribution in [1.82, 2.24) is 4.90 Å². The first kappa shape index (κ1) is 18.0. The fraction of sp³-hybridized carbons (Fsp3) is 0.882. The van der Waals surface area contributed by atoms with Gasteiger partial charge in [0.05, 0.1) is 6.42 Å². The Bertz CT molecular complexity index is 358. The van der Waals surface area contributed by atoms with Crippen molar-refractivity contribution in [2.24, 2.45) is 11.8 Å². The number of rotatable bonds is 4. The number of esters is 1. The van der Waals surface area contributed by atoms with Crippen LogP contribution in [0.25, 0.3) is 0 Å². The third-order valence-electron chi connectivity index (χ3n) is 4.03. The Morgan fingerprint density at radius 1 is 1.14 bits per heavy atom. The average Bonchev–Trinajstić information content (AvgIpc) is 2.59. The van der Waals surface area contributed by atoms with Gasteiger partial charge in [0.1, 0.15) is 5.60 Å². The monoisotopic (exact) mass is 297 g/mol. The summed E-state index contributed by atoms with van der Waals surface area (Å²) < 4.78 is 5.24. The lowest BCUT2D eigenvalue weighted by molar-refractivity contribution is -0.156. The van der Waals surface area contributed by atoms with E-state index in [-0.39, 0.29) is 24.7 Å². The third kappa shape index (κ3) is 6.96. The highest BCUT2D eigenvalue weighted by Gasteiger charge is 2.23. The molecule has 0 aromatic carbocycles. The molecule has 0 bridgehead atoms. The van der Waals surface area contributed by atoms with E-state index >= 15 is 0 Å². The first-order valence-electron chi connectivity index (χ1n) is 8.18. The Hall–Kier alpha value is -1.06. The maximum absolute atomic E-state index is 12.2. The van der Waals surface area contributed by atoms with Crippen LogP contribution in [0.3, 0.4) is 0 Å². The molecule has 0 spiro atoms. The zero-order valence-electron chi connectivity index (χ0n) is 14.3. The maximum atomic E-state index is 12.2. The van der Waals surface area contributed by atoms with E-state index in [0.29, 0.717) is 11.8 Å². The molecule has 1 amide bonds. The summed E-state index contributed by atoms with van der Waals surface area (Å²) in [4.78, 5) is 25.8. The Balaban J connectivity index is 2.37. The highest BCUT2D eigenvalue weighted by atomic mass is 16.6. The van der Waals surface area contributed by atoms with Gasteiger partial charge in [0.25, 0.3) is 0 Å². The van der Waals surface area contributed by atoms with Gasteiger partial charge in [-0.2, -0.15) is 0 Å². The molecule has 1 aliphatic rings. The van der Waals surface area contributed by atoms with Crippen LogP contribution in [0.2, 0.25) is 0 Å². The zero-order chi connectivity index (χ0) is 16.0. The summed E-state index contributed by atoms with van der Waals surface area (Å²) in [5, 5.41) is 0. The highest BCUT2D eigenvalue weighted by Crippen LogP contribution is 2.24. The summed E-state index contributed by atoms with van der Waals surface area (Å²) in [6.45, 7) is 11.7. The van der Waals surface area contributed by atoms with Crippen LogP contribution in [0.15, 0.2) is 0 Å². The SMILES string of the molecule is CC(C)C1CCCN(C(=O)CCC(=O)OC(C)(C)C)CC1. The van der Waals surface area contributed by atoms with Crippen LogP contribution in [0.1, 0.15) is 66.7 Å². The number of amides is 1. The predicted octanol–water partition coefficient (Wildman–Crippen LogP) is 3.39. The van der Waals surface area contributed by atoms with Crippen LogP contribution in [-0.2, 0) is 14.3 Å². The molecule has 0 N–H and O–H groups in total. The number of carbonyl (C=O) groups excluding carboxylic acids is 2. The summed E-state index contributed by atoms with van der Waals surface area (Å²) in [6, 6.07) is 0. The van der Waals surface area contributed by atoms with Crippen LogP contribution in [0.5, 0.6) is 0 Å². The van der Waals surface area contributed by atoms with E-state index in [2.05, 4.69) is 13.8 Å². The summed E-state index contributed by atoms with van der Waals surface area (Å²) >= 11 is 0. The molecule has 1 atom stereocenters. The fourth-order valence-corrected chi connectivity index (χ4v) is 2.80. The minimum Gasteiger partial charge on any atom is -0.460 e. The molecular weight excluding hydrogens is 266 g/mol. The molecule has 1 unspecified atom stereocenters. The third-order valence-corrected chi connectivity index (χ3v) is 4.03. The maximum Gasteiger partial charge on any atom is 0.306 e. The van der Waals surface area contributed by atoms with Crippen molar-refractivity contribution in [1.29, 1.82) is 0 Å². The molecule has 21 heavy (non-hydrogen) atoms. The smallest absolute Gasteiger partial charge is 0.306 e. The Morgan fingerprint density at radius 3 is 2.38 bits per heavy atom. The standard InChI is InChI=1S/C17H31NO3/c1-13(2)14-7-6-11-18(12-10-14)15(19)8-9-16(20)21-17(3,4)5/h13-14H,6-12H2,1-5H3. The normalized spacial score (nSPS) is 20.3. The second kappa shape index (κ2) is 7.81. The van der Waals surface area contributed by atoms with Gasteiger partial charge in [0, 0.05) is 19.5 Å². The van der Waals surface area contributed by atoms with Crippen molar-refractivity contribution in [3.63, 3.8) is 0 Å². The first-order valence-corrected chi connectivity index (χ1v) is 8.18. The Morgan fingerprint density at radius 2 is 1.81 bits per heavy atom. The first-order chi connectivity index (χ1) is 9.69. The molecule has 1 aliphatic heterocycles. The van der Waals surface area contributed by atoms with E-state index in [4.69, 9.17) is 4.74 Å². The van der Waals surface area contributed by atoms with E-state index < -0.39 is 5.60 Å². The molecule has 1 rings (SSSR count). The summed E-state index contributed by atoms with van der Waals surface area (Å²) in [7, 11) is 0. The van der Waals surface area contributed by atoms with Crippen molar-refractivity contribution >= 4 is 11.9 Å². The van der Waals surface area contributed by atoms with Gasteiger partial charge in [-0.25, -0.2) is 0 Å². The quantitative estimate of drug-likeness (QED) is 0.747. The summed E-state index contributed by atoms with van der Waals surface area (Å²) in [5.74, 6) is 1.20. The van der Waals surface area contributed by atoms with Crippen LogP contribution in [-0.4, -0.2) is 35.5 Å². The molecule has 1 saturated heterocycles. The van der Waals surface area contributed by atoms with Crippen molar-refractivity contribution < 1.29 is 14.3 Å². The minimum absolute atomic E-state index is 0.0882. The second-order valence-corrected chi connectivity index (χ2v) is 7.40. The van der Waals surface area contributed by atoms with Gasteiger partial charge in [0.2, 0.25) is 5.91 Å². The topological polar surface area (TPSA) is 46.6 Å². The van der Waals surface area contributed by atoms with Gasteiger partial charge in [-0.1, -0.05) is 13.8 Å². The molecule has 0 aliphatic carbocycles. The number of nitrogens with zero attached hydrogens (tertiary/aromatic N) is 1. The Kier molecular flexibility index (Phi) is 6.69. The lowest BCUT2D eigenvalue weighted by Gasteiger charge is -2.22. The summed E-state index contributed by atoms with van der Waals surface area (Å²) in [6.07, 6.45) is 3.80. The van der Waals surface area contributed by atoms with Gasteiger partial charge < -0.3 is 9.64 Å². The van der Waals surface area contributed by atoms with Gasteiger partial charge in [-0.3, -0.25) is 9.59 Å². The van der Waals surface area contributed by atoms with E-state index in [9.17, 15) is 9.59 Å². The molecule has 0 aromatic heterocycles. The fourth-order valence-electron chi connectivity index (χ4n) is 2.80. The number of hydrogen-bond donors (Lipinski definition) is 0. The van der Waals surface area contributed by atoms with Gasteiger partial charge >= 0.3 is 5.97 Å². The molecule has 0 aromatic rings. The lowest BCUT2D eigenvalue weighted by Crippen LogP contribution is -2.33. The van der Waals surface area contributed by atoms with Crippen LogP contribution < -0.4 is 0 Å². The van der Waals surface area contributed by atoms with Crippen molar-refractivity contribution in [3.05, 3.63) is 0 Å². The van der Waals surface area contributed by atoms with E-state index in [0.717, 1.165) is 25.9 Å². The molecule has 0 saturated carbocycles. The minimum atomic E-state index is -0.479. The summed E-state index contributed by atoms with van der Waals surface area (Å²) in [5.41, 5.74) is -0.479. The second-order valence-electron chi connectivity index (χ2n) is 7.40. The highest BCUT2D eigenvalue weighted by molar-refractivity contribution is 5.81. The number of likely N-dealkylation sites (tertiary alicyclic amines) is 1. The van der Waals surface area contributed by atoms with E-state index in [1.165, 1.54) is 6.42 Å². The Labute approximate surface area is 129 Å². The molecular formula is C17H31NO3. The van der Waals surface area contributed by atoms with E-state index in [1.54, 1.807) is 0 Å². The van der Waals surface area contributed by atoms with Gasteiger partial charge in [0.15, 0.2) is 0 Å². The van der Waals surface area contributed by atoms with E-state index in [1.807, 2.05) is 25.7 Å². The number of carbonyl (C=O) groups is 2. The zero-order valence-corrected chi connectivity index (χ0v) is 14.3. The molecule has 1 fully saturated rings. The number of ether oxygens (including phenoxy) is 1. The molecule has 0 radical (unpaired) electrons. The largest absolute Gasteiger partial charge is 0.460 e. The van der Waals surface area contributed by atoms with Crippen LogP contribution >= 0.6 is 0 Å². The van der Waals surface area contributed by atoms with Crippen LogP contribution in [0.4, 0.5) is 0 Å². The molecule has 4 nitrogen and oxygen atoms in total.